The molecule has 0 aromatic heterocycles. The summed E-state index contributed by atoms with van der Waals surface area (Å²) in [6.07, 6.45) is 30.3. The van der Waals surface area contributed by atoms with E-state index in [-0.39, 0.29) is 25.7 Å². The van der Waals surface area contributed by atoms with Crippen LogP contribution in [0.1, 0.15) is 259 Å². The van der Waals surface area contributed by atoms with Gasteiger partial charge in [0.05, 0.1) is 26.4 Å². The van der Waals surface area contributed by atoms with Gasteiger partial charge in [-0.2, -0.15) is 0 Å². The Balaban J connectivity index is 5.00. The predicted molar refractivity (Wildman–Crippen MR) is 280 cm³/mol. The van der Waals surface area contributed by atoms with Crippen molar-refractivity contribution in [3.8, 4) is 0 Å². The summed E-state index contributed by atoms with van der Waals surface area (Å²) in [5.74, 6) is -2.18. The third-order valence-corrected chi connectivity index (χ3v) is 14.0. The number of unbranched alkanes of at least 4 members (excludes halogenated alkanes) is 28. The first kappa shape index (κ1) is 70.1. The quantitative estimate of drug-likeness (QED) is 0.0222. The highest BCUT2D eigenvalue weighted by molar-refractivity contribution is 7.47. The van der Waals surface area contributed by atoms with Gasteiger partial charge in [-0.1, -0.05) is 207 Å². The van der Waals surface area contributed by atoms with E-state index >= 15 is 0 Å². The van der Waals surface area contributed by atoms with Crippen molar-refractivity contribution in [2.24, 2.45) is 0 Å². The maximum atomic E-state index is 12.8. The van der Waals surface area contributed by atoms with Crippen LogP contribution in [0.4, 0.5) is 0 Å². The van der Waals surface area contributed by atoms with Crippen molar-refractivity contribution in [1.29, 1.82) is 0 Å². The van der Waals surface area contributed by atoms with Crippen LogP contribution in [0, 0.1) is 0 Å². The van der Waals surface area contributed by atoms with Crippen molar-refractivity contribution >= 4 is 39.5 Å². The van der Waals surface area contributed by atoms with Crippen LogP contribution in [0.3, 0.4) is 0 Å². The van der Waals surface area contributed by atoms with Gasteiger partial charge in [-0.15, -0.1) is 0 Å². The second-order valence-electron chi connectivity index (χ2n) is 19.3. The van der Waals surface area contributed by atoms with Gasteiger partial charge in [-0.05, 0) is 25.7 Å². The van der Waals surface area contributed by atoms with E-state index < -0.39 is 97.5 Å². The molecule has 0 aliphatic rings. The van der Waals surface area contributed by atoms with E-state index in [0.717, 1.165) is 109 Å². The predicted octanol–water partition coefficient (Wildman–Crippen LogP) is 13.6. The van der Waals surface area contributed by atoms with E-state index in [0.29, 0.717) is 25.7 Å². The van der Waals surface area contributed by atoms with Gasteiger partial charge in [0.2, 0.25) is 0 Å². The molecular weight excluding hydrogens is 971 g/mol. The summed E-state index contributed by atoms with van der Waals surface area (Å²) >= 11 is 0. The number of aliphatic hydroxyl groups is 1. The van der Waals surface area contributed by atoms with Crippen molar-refractivity contribution in [2.45, 2.75) is 277 Å². The molecule has 2 unspecified atom stereocenters. The summed E-state index contributed by atoms with van der Waals surface area (Å²) in [5.41, 5.74) is 0. The molecule has 5 atom stereocenters. The Bertz CT molecular complexity index is 1420. The lowest BCUT2D eigenvalue weighted by atomic mass is 10.0. The fraction of sp³-hybridized carbons (Fsp3) is 0.925. The Morgan fingerprint density at radius 1 is 0.333 bits per heavy atom. The van der Waals surface area contributed by atoms with Gasteiger partial charge >= 0.3 is 39.5 Å². The number of carbonyl (C=O) groups excluding carboxylic acids is 4. The number of ether oxygens (including phenoxy) is 4. The van der Waals surface area contributed by atoms with E-state index in [4.69, 9.17) is 37.0 Å². The largest absolute Gasteiger partial charge is 0.472 e. The van der Waals surface area contributed by atoms with Crippen LogP contribution in [-0.2, 0) is 65.4 Å². The van der Waals surface area contributed by atoms with Crippen LogP contribution in [0.2, 0.25) is 0 Å². The lowest BCUT2D eigenvalue weighted by Crippen LogP contribution is -2.30. The fourth-order valence-electron chi connectivity index (χ4n) is 7.69. The molecule has 0 aromatic rings. The highest BCUT2D eigenvalue weighted by Crippen LogP contribution is 2.45. The summed E-state index contributed by atoms with van der Waals surface area (Å²) in [4.78, 5) is 71.0. The Hall–Kier alpha value is -1.94. The summed E-state index contributed by atoms with van der Waals surface area (Å²) in [7, 11) is -9.84. The summed E-state index contributed by atoms with van der Waals surface area (Å²) in [6, 6.07) is 0. The van der Waals surface area contributed by atoms with Crippen LogP contribution in [0.15, 0.2) is 0 Å². The molecule has 0 radical (unpaired) electrons. The number of hydrogen-bond acceptors (Lipinski definition) is 15. The third-order valence-electron chi connectivity index (χ3n) is 12.1. The Kier molecular flexibility index (Phi) is 47.4. The Morgan fingerprint density at radius 2 is 0.556 bits per heavy atom. The van der Waals surface area contributed by atoms with Gasteiger partial charge < -0.3 is 33.8 Å². The molecule has 19 heteroatoms. The molecule has 0 aromatic carbocycles. The summed E-state index contributed by atoms with van der Waals surface area (Å²) in [6.45, 7) is 4.59. The van der Waals surface area contributed by atoms with Crippen LogP contribution < -0.4 is 0 Å². The van der Waals surface area contributed by atoms with Crippen LogP contribution in [0.25, 0.3) is 0 Å². The zero-order valence-corrected chi connectivity index (χ0v) is 47.2. The number of phosphoric acid groups is 2. The molecule has 0 amide bonds. The molecule has 3 N–H and O–H groups in total. The molecule has 0 bridgehead atoms. The maximum Gasteiger partial charge on any atom is 0.472 e. The van der Waals surface area contributed by atoms with Gasteiger partial charge in [0.15, 0.2) is 12.2 Å². The number of aliphatic hydroxyl groups excluding tert-OH is 1. The van der Waals surface area contributed by atoms with Crippen molar-refractivity contribution in [3.63, 3.8) is 0 Å². The first-order valence-electron chi connectivity index (χ1n) is 28.3. The number of hydrogen-bond donors (Lipinski definition) is 3. The summed E-state index contributed by atoms with van der Waals surface area (Å²) in [5, 5.41) is 10.4. The molecule has 0 aliphatic heterocycles. The van der Waals surface area contributed by atoms with Crippen molar-refractivity contribution in [3.05, 3.63) is 0 Å². The highest BCUT2D eigenvalue weighted by Gasteiger charge is 2.30. The minimum absolute atomic E-state index is 0.100. The monoisotopic (exact) mass is 1070 g/mol. The lowest BCUT2D eigenvalue weighted by Gasteiger charge is -2.21. The smallest absolute Gasteiger partial charge is 0.462 e. The van der Waals surface area contributed by atoms with E-state index in [1.54, 1.807) is 0 Å². The number of phosphoric ester groups is 2. The van der Waals surface area contributed by atoms with Crippen LogP contribution in [-0.4, -0.2) is 96.7 Å². The number of carbonyl (C=O) groups is 4. The standard InChI is InChI=1S/C53H102O17P2/c1-5-9-13-17-19-20-21-22-23-24-25-26-28-31-34-38-51(56)64-44-48(69-52(57)39-35-30-16-12-8-4)45-67-71(59,60)65-41-47(54)42-66-72(61,62)68-46-49(43-63-50(55)37-33-29-15-11-7-3)70-53(58)40-36-32-27-18-14-10-6-2/h47-49,54H,5-46H2,1-4H3,(H,59,60)(H,61,62)/t47-,48-,49-/m1/s1. The molecule has 17 nitrogen and oxygen atoms in total. The van der Waals surface area contributed by atoms with Gasteiger partial charge in [0.25, 0.3) is 0 Å². The van der Waals surface area contributed by atoms with Gasteiger partial charge in [0, 0.05) is 25.7 Å². The second kappa shape index (κ2) is 48.7. The average molecular weight is 1070 g/mol. The molecule has 426 valence electrons. The first-order valence-corrected chi connectivity index (χ1v) is 31.3. The maximum absolute atomic E-state index is 12.8. The number of esters is 4. The second-order valence-corrected chi connectivity index (χ2v) is 22.2. The van der Waals surface area contributed by atoms with E-state index in [1.165, 1.54) is 70.6 Å². The van der Waals surface area contributed by atoms with Crippen LogP contribution in [0.5, 0.6) is 0 Å². The molecular formula is C53H102O17P2. The fourth-order valence-corrected chi connectivity index (χ4v) is 9.27. The normalized spacial score (nSPS) is 14.5. The van der Waals surface area contributed by atoms with E-state index in [9.17, 15) is 43.2 Å². The average Bonchev–Trinajstić information content (AvgIpc) is 3.35. The van der Waals surface area contributed by atoms with Crippen molar-refractivity contribution in [2.75, 3.05) is 39.6 Å². The summed E-state index contributed by atoms with van der Waals surface area (Å²) < 4.78 is 67.0. The Morgan fingerprint density at radius 3 is 0.819 bits per heavy atom. The van der Waals surface area contributed by atoms with Gasteiger partial charge in [-0.3, -0.25) is 37.3 Å². The van der Waals surface area contributed by atoms with Gasteiger partial charge in [0.1, 0.15) is 19.3 Å². The van der Waals surface area contributed by atoms with Crippen LogP contribution >= 0.6 is 15.6 Å². The molecule has 0 heterocycles. The third kappa shape index (κ3) is 47.8. The molecule has 0 fully saturated rings. The van der Waals surface area contributed by atoms with E-state index in [1.807, 2.05) is 0 Å². The first-order chi connectivity index (χ1) is 34.7. The van der Waals surface area contributed by atoms with Gasteiger partial charge in [-0.25, -0.2) is 9.13 Å². The highest BCUT2D eigenvalue weighted by atomic mass is 31.2. The molecule has 0 spiro atoms. The molecule has 0 saturated heterocycles. The Labute approximate surface area is 435 Å². The van der Waals surface area contributed by atoms with E-state index in [2.05, 4.69) is 27.7 Å². The molecule has 0 saturated carbocycles. The molecule has 0 aliphatic carbocycles. The molecule has 0 rings (SSSR count). The number of rotatable bonds is 54. The minimum atomic E-state index is -4.92. The lowest BCUT2D eigenvalue weighted by molar-refractivity contribution is -0.161. The topological polar surface area (TPSA) is 237 Å². The molecule has 72 heavy (non-hydrogen) atoms. The van der Waals surface area contributed by atoms with Crippen molar-refractivity contribution < 1.29 is 80.2 Å². The van der Waals surface area contributed by atoms with Crippen molar-refractivity contribution in [1.82, 2.24) is 0 Å². The minimum Gasteiger partial charge on any atom is -0.462 e. The SMILES string of the molecule is CCCCCCCCCCCCCCCCCC(=O)OC[C@H](COP(=O)(O)OC[C@@H](O)COP(=O)(O)OC[C@@H](COC(=O)CCCCCCC)OC(=O)CCCCCCCCC)OC(=O)CCCCCCC. The zero-order valence-electron chi connectivity index (χ0n) is 45.4. The zero-order chi connectivity index (χ0) is 53.4.